The van der Waals surface area contributed by atoms with Gasteiger partial charge in [-0.25, -0.2) is 0 Å². The van der Waals surface area contributed by atoms with E-state index in [1.54, 1.807) is 0 Å². The van der Waals surface area contributed by atoms with Gasteiger partial charge in [-0.3, -0.25) is 4.98 Å². The highest BCUT2D eigenvalue weighted by atomic mass is 28.4. The fourth-order valence-electron chi connectivity index (χ4n) is 8.03. The fourth-order valence-corrected chi connectivity index (χ4v) is 17.2. The second kappa shape index (κ2) is 35.3. The van der Waals surface area contributed by atoms with Gasteiger partial charge in [0.2, 0.25) is 0 Å². The molecule has 0 bridgehead atoms. The van der Waals surface area contributed by atoms with E-state index in [0.29, 0.717) is 0 Å². The maximum atomic E-state index is 6.51. The van der Waals surface area contributed by atoms with Crippen molar-refractivity contribution in [3.63, 3.8) is 0 Å². The van der Waals surface area contributed by atoms with Crippen molar-refractivity contribution in [1.29, 1.82) is 0 Å². The van der Waals surface area contributed by atoms with Gasteiger partial charge in [0.1, 0.15) is 11.5 Å². The van der Waals surface area contributed by atoms with Gasteiger partial charge in [-0.15, -0.1) is 0 Å². The van der Waals surface area contributed by atoms with Crippen molar-refractivity contribution < 1.29 is 8.85 Å². The highest BCUT2D eigenvalue weighted by Gasteiger charge is 2.31. The number of aryl methyl sites for hydroxylation is 10. The van der Waals surface area contributed by atoms with Gasteiger partial charge in [0.25, 0.3) is 0 Å². The van der Waals surface area contributed by atoms with Gasteiger partial charge in [0, 0.05) is 11.4 Å². The Morgan fingerprint density at radius 3 is 0.908 bits per heavy atom. The number of hydrogen-bond donors (Lipinski definition) is 0. The molecule has 0 unspecified atom stereocenters. The molecular formula is C71H97NO2Si2. The monoisotopic (exact) mass is 1050 g/mol. The smallest absolute Gasteiger partial charge is 0.173 e. The molecule has 0 spiro atoms. The Morgan fingerprint density at radius 1 is 0.355 bits per heavy atom. The van der Waals surface area contributed by atoms with E-state index in [1.165, 1.54) is 105 Å². The minimum absolute atomic E-state index is 0. The lowest BCUT2D eigenvalue weighted by molar-refractivity contribution is 0.482. The lowest BCUT2D eigenvalue weighted by Crippen LogP contribution is -2.44. The van der Waals surface area contributed by atoms with Crippen LogP contribution in [0.5, 0.6) is 11.5 Å². The molecule has 406 valence electrons. The van der Waals surface area contributed by atoms with E-state index in [-0.39, 0.29) is 7.43 Å². The molecule has 0 amide bonds. The van der Waals surface area contributed by atoms with Gasteiger partial charge >= 0.3 is 0 Å². The summed E-state index contributed by atoms with van der Waals surface area (Å²) in [4.78, 5) is 4.17. The molecule has 5 heteroatoms. The molecular weight excluding hydrogens is 955 g/mol. The van der Waals surface area contributed by atoms with Crippen LogP contribution in [0.1, 0.15) is 114 Å². The summed E-state index contributed by atoms with van der Waals surface area (Å²) < 4.78 is 12.2. The lowest BCUT2D eigenvalue weighted by Gasteiger charge is -2.34. The van der Waals surface area contributed by atoms with Crippen LogP contribution in [0.2, 0.25) is 38.3 Å². The molecule has 8 aromatic rings. The van der Waals surface area contributed by atoms with E-state index in [0.717, 1.165) is 29.3 Å². The van der Waals surface area contributed by atoms with Crippen LogP contribution in [0.25, 0.3) is 11.1 Å². The molecule has 0 atom stereocenters. The number of aromatic nitrogens is 1. The number of ether oxygens (including phenoxy) is 1. The van der Waals surface area contributed by atoms with Gasteiger partial charge in [0.05, 0.1) is 0 Å². The molecule has 0 saturated carbocycles. The van der Waals surface area contributed by atoms with Gasteiger partial charge in [-0.05, 0) is 173 Å². The Morgan fingerprint density at radius 2 is 0.645 bits per heavy atom. The summed E-state index contributed by atoms with van der Waals surface area (Å²) in [7, 11) is -2.70. The third-order valence-corrected chi connectivity index (χ3v) is 19.9. The third-order valence-electron chi connectivity index (χ3n) is 12.4. The maximum absolute atomic E-state index is 6.51. The average Bonchev–Trinajstić information content (AvgIpc) is 3.37. The largest absolute Gasteiger partial charge is 0.457 e. The Balaban J connectivity index is 0.000000316. The minimum atomic E-state index is -1.35. The Labute approximate surface area is 466 Å². The molecule has 1 heterocycles. The third kappa shape index (κ3) is 29.3. The first kappa shape index (κ1) is 66.0. The maximum Gasteiger partial charge on any atom is 0.173 e. The SMILES string of the molecule is C.CCCC[Si](C)(C)O[Si](C)(C)CCCC.Cc1ccc(-c2ccc(C)cc2)cc1.Cc1ccc(Cc2ccc(C)cc2)cc1.Cc1ccc(Oc2ccc(C)cc2)cc1.Cc1cccc(C)c1.Cc1cccc(C)n1. The zero-order valence-electron chi connectivity index (χ0n) is 49.1. The van der Waals surface area contributed by atoms with E-state index >= 15 is 0 Å². The summed E-state index contributed by atoms with van der Waals surface area (Å²) in [6.45, 7) is 34.9. The molecule has 7 aromatic carbocycles. The summed E-state index contributed by atoms with van der Waals surface area (Å²) in [5.41, 5.74) is 17.9. The Kier molecular flexibility index (Phi) is 30.6. The average molecular weight is 1050 g/mol. The quantitative estimate of drug-likeness (QED) is 0.108. The van der Waals surface area contributed by atoms with Crippen LogP contribution in [0.4, 0.5) is 0 Å². The first-order chi connectivity index (χ1) is 35.6. The Hall–Kier alpha value is -6.12. The number of pyridine rings is 1. The van der Waals surface area contributed by atoms with Gasteiger partial charge in [-0.2, -0.15) is 0 Å². The molecule has 0 saturated heterocycles. The van der Waals surface area contributed by atoms with Crippen molar-refractivity contribution in [2.24, 2.45) is 0 Å². The van der Waals surface area contributed by atoms with E-state index < -0.39 is 16.6 Å². The molecule has 8 rings (SSSR count). The molecule has 0 fully saturated rings. The van der Waals surface area contributed by atoms with Crippen LogP contribution >= 0.6 is 0 Å². The number of nitrogens with zero attached hydrogens (tertiary/aromatic N) is 1. The molecule has 76 heavy (non-hydrogen) atoms. The van der Waals surface area contributed by atoms with Gasteiger partial charge < -0.3 is 8.85 Å². The van der Waals surface area contributed by atoms with Crippen LogP contribution in [-0.2, 0) is 10.5 Å². The summed E-state index contributed by atoms with van der Waals surface area (Å²) >= 11 is 0. The zero-order chi connectivity index (χ0) is 55.2. The molecule has 3 nitrogen and oxygen atoms in total. The molecule has 1 aromatic heterocycles. The number of rotatable bonds is 13. The second-order valence-corrected chi connectivity index (χ2v) is 30.4. The highest BCUT2D eigenvalue weighted by molar-refractivity contribution is 6.84. The van der Waals surface area contributed by atoms with Crippen molar-refractivity contribution in [1.82, 2.24) is 4.98 Å². The highest BCUT2D eigenvalue weighted by Crippen LogP contribution is 2.25. The van der Waals surface area contributed by atoms with Crippen molar-refractivity contribution >= 4 is 16.6 Å². The second-order valence-electron chi connectivity index (χ2n) is 21.5. The summed E-state index contributed by atoms with van der Waals surface area (Å²) in [6.07, 6.45) is 6.32. The van der Waals surface area contributed by atoms with Crippen LogP contribution in [0.15, 0.2) is 188 Å². The molecule has 0 aliphatic rings. The molecule has 0 aliphatic carbocycles. The number of hydrogen-bond acceptors (Lipinski definition) is 3. The van der Waals surface area contributed by atoms with E-state index in [9.17, 15) is 0 Å². The summed E-state index contributed by atoms with van der Waals surface area (Å²) in [6, 6.07) is 68.0. The first-order valence-corrected chi connectivity index (χ1v) is 33.6. The molecule has 0 radical (unpaired) electrons. The van der Waals surface area contributed by atoms with Crippen LogP contribution < -0.4 is 4.74 Å². The van der Waals surface area contributed by atoms with Crippen molar-refractivity contribution in [2.45, 2.75) is 161 Å². The van der Waals surface area contributed by atoms with E-state index in [1.807, 2.05) is 80.6 Å². The van der Waals surface area contributed by atoms with Gasteiger partial charge in [-0.1, -0.05) is 243 Å². The molecule has 0 aliphatic heterocycles. The van der Waals surface area contributed by atoms with Crippen molar-refractivity contribution in [3.8, 4) is 22.6 Å². The Bertz CT molecular complexity index is 2450. The van der Waals surface area contributed by atoms with Crippen molar-refractivity contribution in [3.05, 3.63) is 255 Å². The van der Waals surface area contributed by atoms with Crippen molar-refractivity contribution in [2.75, 3.05) is 0 Å². The lowest BCUT2D eigenvalue weighted by atomic mass is 10.0. The normalized spacial score (nSPS) is 10.4. The van der Waals surface area contributed by atoms with Crippen LogP contribution in [0.3, 0.4) is 0 Å². The number of benzene rings is 7. The predicted molar refractivity (Wildman–Crippen MR) is 341 cm³/mol. The van der Waals surface area contributed by atoms with Crippen LogP contribution in [0, 0.1) is 69.2 Å². The summed E-state index contributed by atoms with van der Waals surface area (Å²) in [5.74, 6) is 1.76. The standard InChI is InChI=1S/C15H16.C14H14O.C14H14.C12H30OSi2.C8H10.C7H9N.CH4/c1-12-3-7-14(8-4-12)11-15-9-5-13(2)6-10-15;1-11-3-7-13(8-4-11)15-14-9-5-12(2)6-10-14;1-11-3-7-13(8-4-11)14-9-5-12(2)6-10-14;1-7-9-11-14(3,4)13-15(5,6)12-10-8-2;1-7-4-3-5-8(2)6-7;1-6-4-3-5-7(2)8-6;/h3-10H,11H2,1-2H3;3-10H,1-2H3;3-10H,1-2H3;7-12H2,1-6H3;3-6H,1-2H3;3-5H,1-2H3;1H4. The first-order valence-electron chi connectivity index (χ1n) is 27.3. The van der Waals surface area contributed by atoms with E-state index in [2.05, 4.69) is 222 Å². The molecule has 0 N–H and O–H groups in total. The number of unbranched alkanes of at least 4 members (excludes halogenated alkanes) is 2. The summed E-state index contributed by atoms with van der Waals surface area (Å²) in [5, 5.41) is 0. The van der Waals surface area contributed by atoms with E-state index in [4.69, 9.17) is 8.85 Å². The topological polar surface area (TPSA) is 31.4 Å². The fraction of sp³-hybridized carbons (Fsp3) is 0.338. The van der Waals surface area contributed by atoms with Gasteiger partial charge in [0.15, 0.2) is 16.6 Å². The predicted octanol–water partition coefficient (Wildman–Crippen LogP) is 21.6. The minimum Gasteiger partial charge on any atom is -0.457 e. The van der Waals surface area contributed by atoms with Crippen LogP contribution in [-0.4, -0.2) is 21.6 Å². The zero-order valence-corrected chi connectivity index (χ0v) is 51.1.